The van der Waals surface area contributed by atoms with Crippen LogP contribution in [0, 0.1) is 0 Å². The first-order valence-corrected chi connectivity index (χ1v) is 12.2. The number of halogens is 1. The number of benzene rings is 3. The lowest BCUT2D eigenvalue weighted by atomic mass is 9.99. The molecular formula is C29H26ClN3O3. The van der Waals surface area contributed by atoms with Crippen molar-refractivity contribution in [1.82, 2.24) is 9.88 Å². The van der Waals surface area contributed by atoms with Gasteiger partial charge in [0.15, 0.2) is 0 Å². The minimum absolute atomic E-state index is 0.125. The van der Waals surface area contributed by atoms with Crippen molar-refractivity contribution < 1.29 is 14.6 Å². The second-order valence-corrected chi connectivity index (χ2v) is 9.14. The quantitative estimate of drug-likeness (QED) is 0.326. The number of rotatable bonds is 7. The van der Waals surface area contributed by atoms with Crippen LogP contribution in [-0.2, 0) is 6.54 Å². The van der Waals surface area contributed by atoms with Crippen LogP contribution >= 0.6 is 11.6 Å². The Morgan fingerprint density at radius 1 is 0.944 bits per heavy atom. The molecule has 0 atom stereocenters. The third kappa shape index (κ3) is 5.51. The first-order chi connectivity index (χ1) is 17.6. The molecule has 6 nitrogen and oxygen atoms in total. The van der Waals surface area contributed by atoms with E-state index in [2.05, 4.69) is 51.2 Å². The molecule has 1 saturated heterocycles. The van der Waals surface area contributed by atoms with E-state index in [1.807, 2.05) is 24.3 Å². The molecule has 0 saturated carbocycles. The molecule has 1 N–H and O–H groups in total. The van der Waals surface area contributed by atoms with E-state index < -0.39 is 5.97 Å². The highest BCUT2D eigenvalue weighted by atomic mass is 35.5. The van der Waals surface area contributed by atoms with Crippen LogP contribution in [0.3, 0.4) is 0 Å². The van der Waals surface area contributed by atoms with Crippen molar-refractivity contribution >= 4 is 23.3 Å². The van der Waals surface area contributed by atoms with Crippen molar-refractivity contribution in [2.24, 2.45) is 0 Å². The fourth-order valence-corrected chi connectivity index (χ4v) is 4.60. The van der Waals surface area contributed by atoms with Crippen LogP contribution in [0.2, 0.25) is 5.02 Å². The predicted molar refractivity (Wildman–Crippen MR) is 142 cm³/mol. The molecule has 0 bridgehead atoms. The molecule has 5 rings (SSSR count). The van der Waals surface area contributed by atoms with E-state index in [1.165, 1.54) is 11.1 Å². The molecule has 0 radical (unpaired) electrons. The van der Waals surface area contributed by atoms with Gasteiger partial charge in [-0.15, -0.1) is 0 Å². The molecule has 7 heteroatoms. The fourth-order valence-electron chi connectivity index (χ4n) is 4.48. The van der Waals surface area contributed by atoms with Gasteiger partial charge in [-0.05, 0) is 53.1 Å². The van der Waals surface area contributed by atoms with Gasteiger partial charge in [0.1, 0.15) is 17.1 Å². The predicted octanol–water partition coefficient (Wildman–Crippen LogP) is 6.21. The van der Waals surface area contributed by atoms with E-state index in [1.54, 1.807) is 30.6 Å². The van der Waals surface area contributed by atoms with Gasteiger partial charge in [0.25, 0.3) is 0 Å². The molecule has 0 unspecified atom stereocenters. The van der Waals surface area contributed by atoms with Crippen molar-refractivity contribution in [3.63, 3.8) is 0 Å². The second-order valence-electron chi connectivity index (χ2n) is 8.70. The minimum Gasteiger partial charge on any atom is -0.478 e. The number of pyridine rings is 1. The molecule has 0 spiro atoms. The zero-order chi connectivity index (χ0) is 24.9. The van der Waals surface area contributed by atoms with Crippen LogP contribution in [0.5, 0.6) is 11.5 Å². The third-order valence-electron chi connectivity index (χ3n) is 6.36. The van der Waals surface area contributed by atoms with Gasteiger partial charge in [0.05, 0.1) is 6.20 Å². The molecule has 182 valence electrons. The molecule has 4 aromatic rings. The Labute approximate surface area is 215 Å². The number of anilines is 1. The molecule has 1 fully saturated rings. The Bertz CT molecular complexity index is 1340. The lowest BCUT2D eigenvalue weighted by Crippen LogP contribution is -2.46. The maximum Gasteiger partial charge on any atom is 0.339 e. The van der Waals surface area contributed by atoms with Crippen LogP contribution in [0.1, 0.15) is 15.9 Å². The maximum absolute atomic E-state index is 11.7. The van der Waals surface area contributed by atoms with Crippen LogP contribution in [0.4, 0.5) is 5.69 Å². The smallest absolute Gasteiger partial charge is 0.339 e. The standard InChI is InChI=1S/C29H26ClN3O3/c30-23-9-7-21(8-10-23)26-6-2-1-4-22(26)20-32-14-16-33(17-15-32)24-11-12-27(29(34)35)28(18-24)36-25-5-3-13-31-19-25/h1-13,18-19H,14-17,20H2,(H,34,35). The van der Waals surface area contributed by atoms with Gasteiger partial charge in [0.2, 0.25) is 0 Å². The number of nitrogens with zero attached hydrogens (tertiary/aromatic N) is 3. The van der Waals surface area contributed by atoms with Crippen molar-refractivity contribution in [2.75, 3.05) is 31.1 Å². The van der Waals surface area contributed by atoms with Gasteiger partial charge < -0.3 is 14.7 Å². The maximum atomic E-state index is 11.7. The number of carbonyl (C=O) groups is 1. The molecule has 1 aromatic heterocycles. The van der Waals surface area contributed by atoms with E-state index in [0.29, 0.717) is 11.5 Å². The van der Waals surface area contributed by atoms with E-state index >= 15 is 0 Å². The van der Waals surface area contributed by atoms with E-state index in [4.69, 9.17) is 16.3 Å². The average Bonchev–Trinajstić information content (AvgIpc) is 2.90. The van der Waals surface area contributed by atoms with Crippen LogP contribution < -0.4 is 9.64 Å². The highest BCUT2D eigenvalue weighted by Crippen LogP contribution is 2.31. The number of piperazine rings is 1. The topological polar surface area (TPSA) is 65.9 Å². The van der Waals surface area contributed by atoms with Crippen LogP contribution in [-0.4, -0.2) is 47.1 Å². The zero-order valence-corrected chi connectivity index (χ0v) is 20.4. The third-order valence-corrected chi connectivity index (χ3v) is 6.61. The number of carboxylic acid groups (broad SMARTS) is 1. The Morgan fingerprint density at radius 3 is 2.44 bits per heavy atom. The minimum atomic E-state index is -1.02. The summed E-state index contributed by atoms with van der Waals surface area (Å²) in [4.78, 5) is 20.5. The summed E-state index contributed by atoms with van der Waals surface area (Å²) in [5.74, 6) is -0.210. The SMILES string of the molecule is O=C(O)c1ccc(N2CCN(Cc3ccccc3-c3ccc(Cl)cc3)CC2)cc1Oc1cccnc1. The first kappa shape index (κ1) is 23.9. The van der Waals surface area contributed by atoms with Crippen molar-refractivity contribution in [2.45, 2.75) is 6.54 Å². The van der Waals surface area contributed by atoms with Gasteiger partial charge in [-0.1, -0.05) is 48.0 Å². The molecular weight excluding hydrogens is 474 g/mol. The summed E-state index contributed by atoms with van der Waals surface area (Å²) < 4.78 is 5.88. The molecule has 0 amide bonds. The monoisotopic (exact) mass is 499 g/mol. The molecule has 1 aliphatic rings. The molecule has 2 heterocycles. The number of carboxylic acids is 1. The lowest BCUT2D eigenvalue weighted by molar-refractivity contribution is 0.0694. The number of aromatic carboxylic acids is 1. The van der Waals surface area contributed by atoms with Crippen LogP contribution in [0.25, 0.3) is 11.1 Å². The molecule has 0 aliphatic carbocycles. The summed E-state index contributed by atoms with van der Waals surface area (Å²) in [5.41, 5.74) is 4.73. The number of hydrogen-bond acceptors (Lipinski definition) is 5. The summed E-state index contributed by atoms with van der Waals surface area (Å²) >= 11 is 6.08. The molecule has 36 heavy (non-hydrogen) atoms. The average molecular weight is 500 g/mol. The summed E-state index contributed by atoms with van der Waals surface area (Å²) in [6, 6.07) is 25.2. The van der Waals surface area contributed by atoms with Crippen molar-refractivity contribution in [3.8, 4) is 22.6 Å². The lowest BCUT2D eigenvalue weighted by Gasteiger charge is -2.36. The van der Waals surface area contributed by atoms with Gasteiger partial charge in [0, 0.05) is 55.7 Å². The highest BCUT2D eigenvalue weighted by Gasteiger charge is 2.21. The molecule has 1 aliphatic heterocycles. The number of ether oxygens (including phenoxy) is 1. The van der Waals surface area contributed by atoms with Crippen molar-refractivity contribution in [3.05, 3.63) is 107 Å². The van der Waals surface area contributed by atoms with Gasteiger partial charge in [-0.2, -0.15) is 0 Å². The summed E-state index contributed by atoms with van der Waals surface area (Å²) in [6.07, 6.45) is 3.22. The Balaban J connectivity index is 1.28. The van der Waals surface area contributed by atoms with E-state index in [-0.39, 0.29) is 5.56 Å². The summed E-state index contributed by atoms with van der Waals surface area (Å²) in [5, 5.41) is 10.3. The normalized spacial score (nSPS) is 14.0. The van der Waals surface area contributed by atoms with Crippen LogP contribution in [0.15, 0.2) is 91.3 Å². The highest BCUT2D eigenvalue weighted by molar-refractivity contribution is 6.30. The summed E-state index contributed by atoms with van der Waals surface area (Å²) in [7, 11) is 0. The van der Waals surface area contributed by atoms with Gasteiger partial charge >= 0.3 is 5.97 Å². The Hall–Kier alpha value is -3.87. The molecule has 3 aromatic carbocycles. The number of aromatic nitrogens is 1. The first-order valence-electron chi connectivity index (χ1n) is 11.8. The second kappa shape index (κ2) is 10.8. The van der Waals surface area contributed by atoms with Crippen molar-refractivity contribution in [1.29, 1.82) is 0 Å². The van der Waals surface area contributed by atoms with E-state index in [0.717, 1.165) is 49.0 Å². The summed E-state index contributed by atoms with van der Waals surface area (Å²) in [6.45, 7) is 4.33. The Kier molecular flexibility index (Phi) is 7.16. The Morgan fingerprint density at radius 2 is 1.72 bits per heavy atom. The fraction of sp³-hybridized carbons (Fsp3) is 0.172. The largest absolute Gasteiger partial charge is 0.478 e. The zero-order valence-electron chi connectivity index (χ0n) is 19.7. The van der Waals surface area contributed by atoms with Gasteiger partial charge in [-0.3, -0.25) is 9.88 Å². The number of hydrogen-bond donors (Lipinski definition) is 1. The van der Waals surface area contributed by atoms with Gasteiger partial charge in [-0.25, -0.2) is 4.79 Å². The van der Waals surface area contributed by atoms with E-state index in [9.17, 15) is 9.90 Å².